The normalized spacial score (nSPS) is 11.7. The van der Waals surface area contributed by atoms with Crippen molar-refractivity contribution in [2.75, 3.05) is 0 Å². The Labute approximate surface area is 313 Å². The lowest BCUT2D eigenvalue weighted by Gasteiger charge is -2.11. The summed E-state index contributed by atoms with van der Waals surface area (Å²) in [4.78, 5) is 10.2. The monoisotopic (exact) mass is 695 g/mol. The summed E-state index contributed by atoms with van der Waals surface area (Å²) in [6, 6.07) is 57.8. The lowest BCUT2D eigenvalue weighted by atomic mass is 9.92. The van der Waals surface area contributed by atoms with Crippen LogP contribution in [-0.2, 0) is 0 Å². The number of benzene rings is 8. The predicted molar refractivity (Wildman–Crippen MR) is 227 cm³/mol. The molecule has 0 aliphatic heterocycles. The molecule has 0 radical (unpaired) electrons. The highest BCUT2D eigenvalue weighted by Gasteiger charge is 2.22. The number of furan rings is 1. The Kier molecular flexibility index (Phi) is 7.69. The summed E-state index contributed by atoms with van der Waals surface area (Å²) in [6.45, 7) is 4.36. The van der Waals surface area contributed by atoms with E-state index in [9.17, 15) is 0 Å². The van der Waals surface area contributed by atoms with E-state index in [0.717, 1.165) is 50.1 Å². The van der Waals surface area contributed by atoms with E-state index in [2.05, 4.69) is 146 Å². The van der Waals surface area contributed by atoms with Crippen LogP contribution in [0.25, 0.3) is 105 Å². The molecule has 0 saturated heterocycles. The van der Waals surface area contributed by atoms with Crippen molar-refractivity contribution in [1.82, 2.24) is 14.5 Å². The van der Waals surface area contributed by atoms with E-state index in [4.69, 9.17) is 14.4 Å². The fourth-order valence-electron chi connectivity index (χ4n) is 7.93. The first-order chi connectivity index (χ1) is 26.7. The van der Waals surface area contributed by atoms with Gasteiger partial charge >= 0.3 is 0 Å². The van der Waals surface area contributed by atoms with E-state index < -0.39 is 0 Å². The van der Waals surface area contributed by atoms with Crippen LogP contribution in [0.15, 0.2) is 168 Å². The SMILES string of the molecule is CCCC.c1ccc(-c2nc(-c3ccccc3)c3oc4ccc(-c5cc6c7ccccc7c7cccc8c7c6c(c5)n8-c5ccccc5)cc4c3n2)cc1. The van der Waals surface area contributed by atoms with E-state index in [1.165, 1.54) is 56.2 Å². The van der Waals surface area contributed by atoms with Crippen molar-refractivity contribution in [3.05, 3.63) is 164 Å². The molecule has 4 heteroatoms. The van der Waals surface area contributed by atoms with Gasteiger partial charge in [-0.15, -0.1) is 0 Å². The van der Waals surface area contributed by atoms with E-state index in [1.807, 2.05) is 36.4 Å². The van der Waals surface area contributed by atoms with E-state index in [1.54, 1.807) is 0 Å². The van der Waals surface area contributed by atoms with Crippen molar-refractivity contribution in [2.24, 2.45) is 0 Å². The molecule has 0 fully saturated rings. The molecule has 0 N–H and O–H groups in total. The first kappa shape index (κ1) is 31.9. The Balaban J connectivity index is 0.000000863. The van der Waals surface area contributed by atoms with Crippen molar-refractivity contribution >= 4 is 65.4 Å². The van der Waals surface area contributed by atoms with E-state index >= 15 is 0 Å². The van der Waals surface area contributed by atoms with Gasteiger partial charge in [0.1, 0.15) is 16.8 Å². The largest absolute Gasteiger partial charge is 0.452 e. The first-order valence-corrected chi connectivity index (χ1v) is 18.8. The standard InChI is InChI=1S/C46H27N3O.C4H10/c1-4-13-28(14-5-1)43-45-44(48-46(47-43)29-15-6-2-7-16-29)37-25-30(23-24-40(37)50-45)31-26-36-34-20-11-10-19-33(34)35-21-12-22-38-41(35)42(36)39(27-31)49(38)32-17-8-3-9-18-32;1-3-4-2/h1-27H;3-4H2,1-2H3. The Morgan fingerprint density at radius 2 is 1.07 bits per heavy atom. The van der Waals surface area contributed by atoms with Gasteiger partial charge in [0.05, 0.1) is 11.0 Å². The van der Waals surface area contributed by atoms with Gasteiger partial charge < -0.3 is 8.98 Å². The third-order valence-corrected chi connectivity index (χ3v) is 10.6. The molecule has 4 nitrogen and oxygen atoms in total. The highest BCUT2D eigenvalue weighted by atomic mass is 16.3. The van der Waals surface area contributed by atoms with Crippen molar-refractivity contribution in [3.63, 3.8) is 0 Å². The van der Waals surface area contributed by atoms with Crippen LogP contribution in [0.5, 0.6) is 0 Å². The summed E-state index contributed by atoms with van der Waals surface area (Å²) in [5.74, 6) is 0.677. The number of para-hydroxylation sites is 1. The number of aromatic nitrogens is 3. The van der Waals surface area contributed by atoms with Crippen molar-refractivity contribution in [3.8, 4) is 39.5 Å². The first-order valence-electron chi connectivity index (χ1n) is 18.8. The molecule has 0 bridgehead atoms. The van der Waals surface area contributed by atoms with Crippen molar-refractivity contribution in [2.45, 2.75) is 26.7 Å². The summed E-state index contributed by atoms with van der Waals surface area (Å²) in [6.07, 6.45) is 2.64. The van der Waals surface area contributed by atoms with Crippen LogP contribution in [0, 0.1) is 0 Å². The molecule has 54 heavy (non-hydrogen) atoms. The Morgan fingerprint density at radius 1 is 0.463 bits per heavy atom. The van der Waals surface area contributed by atoms with Gasteiger partial charge in [0.25, 0.3) is 0 Å². The predicted octanol–water partition coefficient (Wildman–Crippen LogP) is 14.0. The quantitative estimate of drug-likeness (QED) is 0.168. The molecule has 8 aromatic carbocycles. The topological polar surface area (TPSA) is 43.9 Å². The molecule has 258 valence electrons. The second-order valence-corrected chi connectivity index (χ2v) is 14.0. The van der Waals surface area contributed by atoms with Gasteiger partial charge in [-0.2, -0.15) is 0 Å². The molecule has 0 amide bonds. The highest BCUT2D eigenvalue weighted by Crippen LogP contribution is 2.46. The molecule has 3 heterocycles. The zero-order valence-corrected chi connectivity index (χ0v) is 30.3. The molecule has 0 atom stereocenters. The second kappa shape index (κ2) is 13.0. The van der Waals surface area contributed by atoms with Crippen LogP contribution >= 0.6 is 0 Å². The average Bonchev–Trinajstić information content (AvgIpc) is 3.79. The maximum Gasteiger partial charge on any atom is 0.180 e. The number of hydrogen-bond acceptors (Lipinski definition) is 3. The summed E-state index contributed by atoms with van der Waals surface area (Å²) in [5, 5.41) is 8.63. The molecule has 11 aromatic rings. The minimum absolute atomic E-state index is 0.677. The molecule has 11 rings (SSSR count). The lowest BCUT2D eigenvalue weighted by Crippen LogP contribution is -1.93. The minimum Gasteiger partial charge on any atom is -0.452 e. The molecule has 0 aliphatic carbocycles. The molecule has 0 aliphatic rings. The Morgan fingerprint density at radius 3 is 1.80 bits per heavy atom. The highest BCUT2D eigenvalue weighted by molar-refractivity contribution is 6.35. The fourth-order valence-corrected chi connectivity index (χ4v) is 7.93. The van der Waals surface area contributed by atoms with Crippen LogP contribution in [0.3, 0.4) is 0 Å². The zero-order valence-electron chi connectivity index (χ0n) is 30.3. The fraction of sp³-hybridized carbons (Fsp3) is 0.0800. The summed E-state index contributed by atoms with van der Waals surface area (Å²) < 4.78 is 9.00. The van der Waals surface area contributed by atoms with Crippen LogP contribution in [0.4, 0.5) is 0 Å². The lowest BCUT2D eigenvalue weighted by molar-refractivity contribution is 0.667. The van der Waals surface area contributed by atoms with Gasteiger partial charge in [-0.25, -0.2) is 9.97 Å². The maximum atomic E-state index is 6.58. The molecule has 0 spiro atoms. The molecular formula is C50H37N3O. The summed E-state index contributed by atoms with van der Waals surface area (Å²) >= 11 is 0. The number of nitrogens with zero attached hydrogens (tertiary/aromatic N) is 3. The van der Waals surface area contributed by atoms with Gasteiger partial charge in [0, 0.05) is 33.0 Å². The zero-order chi connectivity index (χ0) is 36.2. The van der Waals surface area contributed by atoms with Crippen molar-refractivity contribution in [1.29, 1.82) is 0 Å². The van der Waals surface area contributed by atoms with Crippen LogP contribution in [0.1, 0.15) is 26.7 Å². The average molecular weight is 696 g/mol. The second-order valence-electron chi connectivity index (χ2n) is 14.0. The number of rotatable bonds is 5. The summed E-state index contributed by atoms with van der Waals surface area (Å²) in [5.41, 5.74) is 10.8. The third kappa shape index (κ3) is 5.06. The number of hydrogen-bond donors (Lipinski definition) is 0. The maximum absolute atomic E-state index is 6.58. The van der Waals surface area contributed by atoms with Gasteiger partial charge in [-0.3, -0.25) is 0 Å². The van der Waals surface area contributed by atoms with Crippen LogP contribution in [-0.4, -0.2) is 14.5 Å². The van der Waals surface area contributed by atoms with E-state index in [-0.39, 0.29) is 0 Å². The smallest absolute Gasteiger partial charge is 0.180 e. The number of fused-ring (bicyclic) bond motifs is 6. The van der Waals surface area contributed by atoms with E-state index in [0.29, 0.717) is 11.4 Å². The molecule has 0 unspecified atom stereocenters. The van der Waals surface area contributed by atoms with Gasteiger partial charge in [0.2, 0.25) is 0 Å². The minimum atomic E-state index is 0.677. The third-order valence-electron chi connectivity index (χ3n) is 10.6. The van der Waals surface area contributed by atoms with Gasteiger partial charge in [-0.05, 0) is 75.1 Å². The van der Waals surface area contributed by atoms with Crippen molar-refractivity contribution < 1.29 is 4.42 Å². The Hall–Kier alpha value is -6.78. The van der Waals surface area contributed by atoms with Crippen LogP contribution < -0.4 is 0 Å². The Bertz CT molecular complexity index is 3100. The van der Waals surface area contributed by atoms with Crippen LogP contribution in [0.2, 0.25) is 0 Å². The molecular weight excluding hydrogens is 659 g/mol. The molecule has 0 saturated carbocycles. The van der Waals surface area contributed by atoms with Gasteiger partial charge in [0.15, 0.2) is 11.4 Å². The van der Waals surface area contributed by atoms with Gasteiger partial charge in [-0.1, -0.05) is 148 Å². The summed E-state index contributed by atoms with van der Waals surface area (Å²) in [7, 11) is 0. The molecule has 3 aromatic heterocycles. The number of unbranched alkanes of at least 4 members (excludes halogenated alkanes) is 1.